The van der Waals surface area contributed by atoms with Crippen molar-refractivity contribution < 1.29 is 23.9 Å². The molecule has 29 heavy (non-hydrogen) atoms. The molecule has 158 valence electrons. The van der Waals surface area contributed by atoms with E-state index >= 15 is 0 Å². The van der Waals surface area contributed by atoms with Crippen LogP contribution in [0.1, 0.15) is 39.5 Å². The SMILES string of the molecule is CCOC(=O)N1CCC(NC(=O)CCC(=O)N2C[C@H](C)Oc3ccccc32)CC1. The van der Waals surface area contributed by atoms with Crippen LogP contribution < -0.4 is 15.0 Å². The molecule has 1 saturated heterocycles. The summed E-state index contributed by atoms with van der Waals surface area (Å²) >= 11 is 0. The highest BCUT2D eigenvalue weighted by Crippen LogP contribution is 2.33. The Kier molecular flexibility index (Phi) is 6.95. The number of carbonyl (C=O) groups excluding carboxylic acids is 3. The number of anilines is 1. The van der Waals surface area contributed by atoms with Crippen LogP contribution in [0.3, 0.4) is 0 Å². The van der Waals surface area contributed by atoms with Gasteiger partial charge in [-0.1, -0.05) is 12.1 Å². The Morgan fingerprint density at radius 3 is 2.62 bits per heavy atom. The molecule has 0 aromatic heterocycles. The first-order valence-electron chi connectivity index (χ1n) is 10.2. The van der Waals surface area contributed by atoms with Crippen LogP contribution in [0.4, 0.5) is 10.5 Å². The van der Waals surface area contributed by atoms with Crippen LogP contribution >= 0.6 is 0 Å². The number of benzene rings is 1. The molecule has 0 radical (unpaired) electrons. The van der Waals surface area contributed by atoms with Crippen molar-refractivity contribution in [2.24, 2.45) is 0 Å². The van der Waals surface area contributed by atoms with E-state index in [1.165, 1.54) is 0 Å². The van der Waals surface area contributed by atoms with Crippen LogP contribution in [0, 0.1) is 0 Å². The molecule has 0 spiro atoms. The number of ether oxygens (including phenoxy) is 2. The lowest BCUT2D eigenvalue weighted by molar-refractivity contribution is -0.126. The molecular weight excluding hydrogens is 374 g/mol. The fraction of sp³-hybridized carbons (Fsp3) is 0.571. The van der Waals surface area contributed by atoms with Crippen molar-refractivity contribution in [3.05, 3.63) is 24.3 Å². The van der Waals surface area contributed by atoms with Crippen molar-refractivity contribution >= 4 is 23.6 Å². The molecule has 1 aromatic rings. The fourth-order valence-electron chi connectivity index (χ4n) is 3.70. The van der Waals surface area contributed by atoms with Gasteiger partial charge in [-0.3, -0.25) is 9.59 Å². The molecule has 3 amide bonds. The van der Waals surface area contributed by atoms with Gasteiger partial charge in [-0.15, -0.1) is 0 Å². The third-order valence-electron chi connectivity index (χ3n) is 5.18. The highest BCUT2D eigenvalue weighted by Gasteiger charge is 2.28. The number of rotatable bonds is 5. The number of nitrogens with one attached hydrogen (secondary N) is 1. The first-order chi connectivity index (χ1) is 14.0. The predicted molar refractivity (Wildman–Crippen MR) is 108 cm³/mol. The molecule has 1 N–H and O–H groups in total. The first-order valence-corrected chi connectivity index (χ1v) is 10.2. The van der Waals surface area contributed by atoms with Crippen molar-refractivity contribution in [2.75, 3.05) is 31.1 Å². The monoisotopic (exact) mass is 403 g/mol. The lowest BCUT2D eigenvalue weighted by Crippen LogP contribution is -2.47. The van der Waals surface area contributed by atoms with Crippen molar-refractivity contribution in [3.8, 4) is 5.75 Å². The van der Waals surface area contributed by atoms with E-state index in [1.54, 1.807) is 16.7 Å². The third-order valence-corrected chi connectivity index (χ3v) is 5.18. The number of piperidine rings is 1. The van der Waals surface area contributed by atoms with Crippen LogP contribution in [0.2, 0.25) is 0 Å². The van der Waals surface area contributed by atoms with Gasteiger partial charge in [-0.25, -0.2) is 4.79 Å². The van der Waals surface area contributed by atoms with E-state index in [2.05, 4.69) is 5.32 Å². The predicted octanol–water partition coefficient (Wildman–Crippen LogP) is 2.32. The zero-order chi connectivity index (χ0) is 20.8. The van der Waals surface area contributed by atoms with E-state index in [0.717, 1.165) is 5.69 Å². The highest BCUT2D eigenvalue weighted by atomic mass is 16.6. The summed E-state index contributed by atoms with van der Waals surface area (Å²) in [4.78, 5) is 40.1. The quantitative estimate of drug-likeness (QED) is 0.815. The lowest BCUT2D eigenvalue weighted by atomic mass is 10.0. The molecule has 1 aromatic carbocycles. The second-order valence-corrected chi connectivity index (χ2v) is 7.43. The van der Waals surface area contributed by atoms with Gasteiger partial charge in [0.15, 0.2) is 0 Å². The Balaban J connectivity index is 1.44. The Morgan fingerprint density at radius 2 is 1.90 bits per heavy atom. The molecular formula is C21H29N3O5. The van der Waals surface area contributed by atoms with Crippen LogP contribution in [-0.4, -0.2) is 61.2 Å². The molecule has 1 fully saturated rings. The standard InChI is InChI=1S/C21H29N3O5/c1-3-28-21(27)23-12-10-16(11-13-23)22-19(25)8-9-20(26)24-14-15(2)29-18-7-5-4-6-17(18)24/h4-7,15-16H,3,8-14H2,1-2H3,(H,22,25)/t15-/m0/s1. The molecule has 3 rings (SSSR count). The summed E-state index contributed by atoms with van der Waals surface area (Å²) in [6.45, 7) is 5.66. The molecule has 0 saturated carbocycles. The number of carbonyl (C=O) groups is 3. The zero-order valence-corrected chi connectivity index (χ0v) is 17.1. The van der Waals surface area contributed by atoms with Gasteiger partial charge in [0.2, 0.25) is 11.8 Å². The highest BCUT2D eigenvalue weighted by molar-refractivity contribution is 5.97. The van der Waals surface area contributed by atoms with Gasteiger partial charge in [-0.2, -0.15) is 0 Å². The van der Waals surface area contributed by atoms with Crippen molar-refractivity contribution in [3.63, 3.8) is 0 Å². The first kappa shape index (κ1) is 21.0. The summed E-state index contributed by atoms with van der Waals surface area (Å²) in [7, 11) is 0. The summed E-state index contributed by atoms with van der Waals surface area (Å²) in [6, 6.07) is 7.47. The average molecular weight is 403 g/mol. The average Bonchev–Trinajstić information content (AvgIpc) is 2.72. The smallest absolute Gasteiger partial charge is 0.409 e. The largest absolute Gasteiger partial charge is 0.487 e. The van der Waals surface area contributed by atoms with Gasteiger partial charge in [-0.05, 0) is 38.8 Å². The van der Waals surface area contributed by atoms with Gasteiger partial charge in [0.25, 0.3) is 0 Å². The summed E-state index contributed by atoms with van der Waals surface area (Å²) in [6.07, 6.45) is 1.27. The van der Waals surface area contributed by atoms with Crippen molar-refractivity contribution in [1.82, 2.24) is 10.2 Å². The van der Waals surface area contributed by atoms with Gasteiger partial charge in [0.05, 0.1) is 18.8 Å². The molecule has 1 atom stereocenters. The van der Waals surface area contributed by atoms with Crippen molar-refractivity contribution in [2.45, 2.75) is 51.7 Å². The molecule has 2 aliphatic heterocycles. The van der Waals surface area contributed by atoms with Crippen LogP contribution in [-0.2, 0) is 14.3 Å². The summed E-state index contributed by atoms with van der Waals surface area (Å²) in [5, 5.41) is 2.98. The molecule has 0 unspecified atom stereocenters. The second kappa shape index (κ2) is 9.62. The van der Waals surface area contributed by atoms with E-state index in [4.69, 9.17) is 9.47 Å². The molecule has 0 aliphatic carbocycles. The van der Waals surface area contributed by atoms with Crippen LogP contribution in [0.5, 0.6) is 5.75 Å². The molecule has 8 heteroatoms. The van der Waals surface area contributed by atoms with Crippen molar-refractivity contribution in [1.29, 1.82) is 0 Å². The lowest BCUT2D eigenvalue weighted by Gasteiger charge is -2.33. The third kappa shape index (κ3) is 5.40. The number of para-hydroxylation sites is 2. The zero-order valence-electron chi connectivity index (χ0n) is 17.1. The van der Waals surface area contributed by atoms with E-state index in [0.29, 0.717) is 44.8 Å². The summed E-state index contributed by atoms with van der Waals surface area (Å²) in [5.74, 6) is 0.472. The maximum atomic E-state index is 12.7. The number of hydrogen-bond acceptors (Lipinski definition) is 5. The van der Waals surface area contributed by atoms with E-state index in [-0.39, 0.29) is 42.9 Å². The number of fused-ring (bicyclic) bond motifs is 1. The second-order valence-electron chi connectivity index (χ2n) is 7.43. The number of amides is 3. The van der Waals surface area contributed by atoms with Gasteiger partial charge in [0.1, 0.15) is 11.9 Å². The minimum Gasteiger partial charge on any atom is -0.487 e. The number of hydrogen-bond donors (Lipinski definition) is 1. The Hall–Kier alpha value is -2.77. The molecule has 2 aliphatic rings. The molecule has 2 heterocycles. The summed E-state index contributed by atoms with van der Waals surface area (Å²) in [5.41, 5.74) is 0.752. The van der Waals surface area contributed by atoms with Crippen LogP contribution in [0.15, 0.2) is 24.3 Å². The van der Waals surface area contributed by atoms with Gasteiger partial charge in [0, 0.05) is 32.0 Å². The normalized spacial score (nSPS) is 19.2. The maximum absolute atomic E-state index is 12.7. The Labute approximate surface area is 171 Å². The minimum atomic E-state index is -0.303. The van der Waals surface area contributed by atoms with E-state index in [9.17, 15) is 14.4 Å². The number of likely N-dealkylation sites (tertiary alicyclic amines) is 1. The Bertz CT molecular complexity index is 746. The van der Waals surface area contributed by atoms with Gasteiger partial charge < -0.3 is 24.6 Å². The maximum Gasteiger partial charge on any atom is 0.409 e. The van der Waals surface area contributed by atoms with Crippen LogP contribution in [0.25, 0.3) is 0 Å². The molecule has 0 bridgehead atoms. The van der Waals surface area contributed by atoms with E-state index in [1.807, 2.05) is 31.2 Å². The molecule has 8 nitrogen and oxygen atoms in total. The Morgan fingerprint density at radius 1 is 1.17 bits per heavy atom. The summed E-state index contributed by atoms with van der Waals surface area (Å²) < 4.78 is 10.8. The fourth-order valence-corrected chi connectivity index (χ4v) is 3.70. The van der Waals surface area contributed by atoms with E-state index < -0.39 is 0 Å². The number of nitrogens with zero attached hydrogens (tertiary/aromatic N) is 2. The van der Waals surface area contributed by atoms with Gasteiger partial charge >= 0.3 is 6.09 Å². The minimum absolute atomic E-state index is 0.0208. The topological polar surface area (TPSA) is 88.2 Å².